The monoisotopic (exact) mass is 215 g/mol. The zero-order valence-corrected chi connectivity index (χ0v) is 9.85. The molecule has 1 unspecified atom stereocenters. The van der Waals surface area contributed by atoms with Crippen LogP contribution in [0.15, 0.2) is 24.5 Å². The Bertz CT molecular complexity index is 515. The van der Waals surface area contributed by atoms with Crippen LogP contribution in [0.4, 0.5) is 0 Å². The molecule has 1 atom stereocenters. The van der Waals surface area contributed by atoms with Crippen LogP contribution in [0, 0.1) is 6.92 Å². The summed E-state index contributed by atoms with van der Waals surface area (Å²) in [4.78, 5) is 7.08. The molecule has 1 aliphatic heterocycles. The Hall–Kier alpha value is -1.35. The van der Waals surface area contributed by atoms with Gasteiger partial charge < -0.3 is 9.30 Å². The number of likely N-dealkylation sites (tertiary alicyclic amines) is 1. The molecule has 0 bridgehead atoms. The summed E-state index contributed by atoms with van der Waals surface area (Å²) < 4.78 is 2.14. The molecular formula is C13H17N3. The lowest BCUT2D eigenvalue weighted by molar-refractivity contribution is 0.411. The Morgan fingerprint density at radius 2 is 2.19 bits per heavy atom. The van der Waals surface area contributed by atoms with E-state index in [0.717, 1.165) is 12.2 Å². The van der Waals surface area contributed by atoms with Crippen LogP contribution in [-0.2, 0) is 0 Å². The van der Waals surface area contributed by atoms with Gasteiger partial charge in [-0.1, -0.05) is 6.07 Å². The Balaban J connectivity index is 1.99. The van der Waals surface area contributed by atoms with E-state index in [1.165, 1.54) is 24.2 Å². The van der Waals surface area contributed by atoms with Gasteiger partial charge in [0.05, 0.1) is 5.69 Å². The number of hydrogen-bond donors (Lipinski definition) is 0. The van der Waals surface area contributed by atoms with Crippen LogP contribution < -0.4 is 0 Å². The lowest BCUT2D eigenvalue weighted by Gasteiger charge is -2.06. The van der Waals surface area contributed by atoms with E-state index in [-0.39, 0.29) is 0 Å². The number of rotatable bonds is 1. The van der Waals surface area contributed by atoms with Crippen LogP contribution in [0.1, 0.15) is 23.6 Å². The van der Waals surface area contributed by atoms with Crippen molar-refractivity contribution in [3.63, 3.8) is 0 Å². The molecule has 1 aliphatic rings. The van der Waals surface area contributed by atoms with Crippen LogP contribution in [0.5, 0.6) is 0 Å². The minimum Gasteiger partial charge on any atom is -0.307 e. The summed E-state index contributed by atoms with van der Waals surface area (Å²) >= 11 is 0. The third-order valence-corrected chi connectivity index (χ3v) is 3.43. The normalized spacial score (nSPS) is 22.0. The van der Waals surface area contributed by atoms with Crippen molar-refractivity contribution in [1.82, 2.24) is 14.3 Å². The molecule has 0 radical (unpaired) electrons. The molecule has 3 heterocycles. The molecule has 0 spiro atoms. The topological polar surface area (TPSA) is 20.5 Å². The summed E-state index contributed by atoms with van der Waals surface area (Å²) in [5.74, 6) is 0.616. The number of pyridine rings is 1. The summed E-state index contributed by atoms with van der Waals surface area (Å²) in [6, 6.07) is 4.21. The highest BCUT2D eigenvalue weighted by Crippen LogP contribution is 2.25. The first-order valence-electron chi connectivity index (χ1n) is 5.86. The van der Waals surface area contributed by atoms with Crippen molar-refractivity contribution in [3.05, 3.63) is 35.8 Å². The first-order chi connectivity index (χ1) is 7.72. The van der Waals surface area contributed by atoms with Gasteiger partial charge in [0.1, 0.15) is 5.65 Å². The van der Waals surface area contributed by atoms with Gasteiger partial charge in [-0.05, 0) is 38.6 Å². The second-order valence-electron chi connectivity index (χ2n) is 4.89. The predicted octanol–water partition coefficient (Wildman–Crippen LogP) is 2.06. The molecule has 2 aromatic heterocycles. The Kier molecular flexibility index (Phi) is 2.21. The van der Waals surface area contributed by atoms with Crippen molar-refractivity contribution in [3.8, 4) is 0 Å². The van der Waals surface area contributed by atoms with Gasteiger partial charge >= 0.3 is 0 Å². The molecule has 1 fully saturated rings. The molecule has 0 amide bonds. The number of aromatic nitrogens is 2. The molecule has 3 nitrogen and oxygen atoms in total. The molecule has 0 aromatic carbocycles. The summed E-state index contributed by atoms with van der Waals surface area (Å²) in [6.07, 6.45) is 5.57. The van der Waals surface area contributed by atoms with E-state index >= 15 is 0 Å². The van der Waals surface area contributed by atoms with Gasteiger partial charge in [0.25, 0.3) is 0 Å². The number of imidazole rings is 1. The number of likely N-dealkylation sites (N-methyl/N-ethyl adjacent to an activating group) is 1. The Morgan fingerprint density at radius 1 is 1.31 bits per heavy atom. The van der Waals surface area contributed by atoms with Crippen molar-refractivity contribution in [2.75, 3.05) is 20.1 Å². The highest BCUT2D eigenvalue weighted by Gasteiger charge is 2.23. The third-order valence-electron chi connectivity index (χ3n) is 3.43. The van der Waals surface area contributed by atoms with Crippen LogP contribution >= 0.6 is 0 Å². The first kappa shape index (κ1) is 9.85. The fourth-order valence-corrected chi connectivity index (χ4v) is 2.50. The Labute approximate surface area is 95.7 Å². The predicted molar refractivity (Wildman–Crippen MR) is 64.8 cm³/mol. The molecule has 1 saturated heterocycles. The molecule has 0 aliphatic carbocycles. The number of fused-ring (bicyclic) bond motifs is 1. The maximum atomic E-state index is 4.71. The SMILES string of the molecule is Cc1ccc2nc(C3CCN(C)C3)cn2c1. The molecule has 3 rings (SSSR count). The minimum absolute atomic E-state index is 0.616. The lowest BCUT2D eigenvalue weighted by Crippen LogP contribution is -2.13. The van der Waals surface area contributed by atoms with Crippen LogP contribution in [0.2, 0.25) is 0 Å². The maximum Gasteiger partial charge on any atom is 0.136 e. The van der Waals surface area contributed by atoms with Crippen LogP contribution in [-0.4, -0.2) is 34.4 Å². The zero-order chi connectivity index (χ0) is 11.1. The molecule has 2 aromatic rings. The standard InChI is InChI=1S/C13H17N3/c1-10-3-4-13-14-12(9-16(13)7-10)11-5-6-15(2)8-11/h3-4,7,9,11H,5-6,8H2,1-2H3. The molecule has 0 N–H and O–H groups in total. The van der Waals surface area contributed by atoms with E-state index in [0.29, 0.717) is 5.92 Å². The summed E-state index contributed by atoms with van der Waals surface area (Å²) in [6.45, 7) is 4.45. The minimum atomic E-state index is 0.616. The van der Waals surface area contributed by atoms with Gasteiger partial charge in [-0.25, -0.2) is 4.98 Å². The molecule has 84 valence electrons. The Morgan fingerprint density at radius 3 is 2.94 bits per heavy atom. The first-order valence-corrected chi connectivity index (χ1v) is 5.86. The lowest BCUT2D eigenvalue weighted by atomic mass is 10.1. The summed E-state index contributed by atoms with van der Waals surface area (Å²) in [7, 11) is 2.18. The third kappa shape index (κ3) is 1.61. The van der Waals surface area contributed by atoms with Crippen molar-refractivity contribution >= 4 is 5.65 Å². The van der Waals surface area contributed by atoms with E-state index in [2.05, 4.69) is 47.8 Å². The van der Waals surface area contributed by atoms with E-state index in [1.807, 2.05) is 0 Å². The summed E-state index contributed by atoms with van der Waals surface area (Å²) in [5, 5.41) is 0. The van der Waals surface area contributed by atoms with Crippen molar-refractivity contribution in [1.29, 1.82) is 0 Å². The smallest absolute Gasteiger partial charge is 0.136 e. The van der Waals surface area contributed by atoms with Crippen molar-refractivity contribution in [2.45, 2.75) is 19.3 Å². The second-order valence-corrected chi connectivity index (χ2v) is 4.89. The van der Waals surface area contributed by atoms with Crippen molar-refractivity contribution < 1.29 is 0 Å². The van der Waals surface area contributed by atoms with E-state index in [4.69, 9.17) is 4.98 Å². The molecular weight excluding hydrogens is 198 g/mol. The van der Waals surface area contributed by atoms with Gasteiger partial charge in [-0.3, -0.25) is 0 Å². The van der Waals surface area contributed by atoms with Crippen LogP contribution in [0.3, 0.4) is 0 Å². The highest BCUT2D eigenvalue weighted by molar-refractivity contribution is 5.42. The van der Waals surface area contributed by atoms with E-state index < -0.39 is 0 Å². The molecule has 0 saturated carbocycles. The number of nitrogens with zero attached hydrogens (tertiary/aromatic N) is 3. The van der Waals surface area contributed by atoms with Gasteiger partial charge in [-0.2, -0.15) is 0 Å². The average Bonchev–Trinajstić information content (AvgIpc) is 2.83. The van der Waals surface area contributed by atoms with Gasteiger partial charge in [-0.15, -0.1) is 0 Å². The van der Waals surface area contributed by atoms with Gasteiger partial charge in [0.15, 0.2) is 0 Å². The van der Waals surface area contributed by atoms with Gasteiger partial charge in [0, 0.05) is 24.9 Å². The molecule has 3 heteroatoms. The average molecular weight is 215 g/mol. The van der Waals surface area contributed by atoms with Crippen LogP contribution in [0.25, 0.3) is 5.65 Å². The second kappa shape index (κ2) is 3.59. The maximum absolute atomic E-state index is 4.71. The van der Waals surface area contributed by atoms with Crippen molar-refractivity contribution in [2.24, 2.45) is 0 Å². The number of aryl methyl sites for hydroxylation is 1. The fraction of sp³-hybridized carbons (Fsp3) is 0.462. The highest BCUT2D eigenvalue weighted by atomic mass is 15.1. The largest absolute Gasteiger partial charge is 0.307 e. The zero-order valence-electron chi connectivity index (χ0n) is 9.85. The number of hydrogen-bond acceptors (Lipinski definition) is 2. The fourth-order valence-electron chi connectivity index (χ4n) is 2.50. The summed E-state index contributed by atoms with van der Waals surface area (Å²) in [5.41, 5.74) is 3.59. The molecule has 16 heavy (non-hydrogen) atoms. The van der Waals surface area contributed by atoms with E-state index in [1.54, 1.807) is 0 Å². The van der Waals surface area contributed by atoms with E-state index in [9.17, 15) is 0 Å². The quantitative estimate of drug-likeness (QED) is 0.726. The van der Waals surface area contributed by atoms with Gasteiger partial charge in [0.2, 0.25) is 0 Å².